The highest BCUT2D eigenvalue weighted by Gasteiger charge is 2.12. The van der Waals surface area contributed by atoms with Crippen molar-refractivity contribution < 1.29 is 14.2 Å². The van der Waals surface area contributed by atoms with Crippen LogP contribution in [0.3, 0.4) is 0 Å². The van der Waals surface area contributed by atoms with Crippen LogP contribution in [0.1, 0.15) is 27.7 Å². The topological polar surface area (TPSA) is 39.7 Å². The van der Waals surface area contributed by atoms with Gasteiger partial charge in [-0.1, -0.05) is 0 Å². The van der Waals surface area contributed by atoms with Gasteiger partial charge < -0.3 is 19.5 Å². The zero-order valence-electron chi connectivity index (χ0n) is 12.5. The van der Waals surface area contributed by atoms with Crippen LogP contribution < -0.4 is 14.8 Å². The van der Waals surface area contributed by atoms with Gasteiger partial charge in [-0.2, -0.15) is 0 Å². The van der Waals surface area contributed by atoms with E-state index in [-0.39, 0.29) is 12.1 Å². The van der Waals surface area contributed by atoms with Crippen LogP contribution in [0.2, 0.25) is 0 Å². The lowest BCUT2D eigenvalue weighted by Gasteiger charge is -2.22. The van der Waals surface area contributed by atoms with Gasteiger partial charge in [-0.15, -0.1) is 0 Å². The summed E-state index contributed by atoms with van der Waals surface area (Å²) in [5.41, 5.74) is 1.00. The highest BCUT2D eigenvalue weighted by molar-refractivity contribution is 5.55. The largest absolute Gasteiger partial charge is 0.490 e. The average Bonchev–Trinajstić information content (AvgIpc) is 2.41. The first-order chi connectivity index (χ1) is 9.12. The average molecular weight is 267 g/mol. The zero-order chi connectivity index (χ0) is 14.3. The minimum Gasteiger partial charge on any atom is -0.490 e. The van der Waals surface area contributed by atoms with E-state index in [1.807, 2.05) is 39.0 Å². The van der Waals surface area contributed by atoms with Crippen LogP contribution in [0.5, 0.6) is 11.5 Å². The van der Waals surface area contributed by atoms with Crippen LogP contribution in [0.15, 0.2) is 18.2 Å². The number of rotatable bonds is 8. The summed E-state index contributed by atoms with van der Waals surface area (Å²) in [5.74, 6) is 1.55. The Bertz CT molecular complexity index is 382. The van der Waals surface area contributed by atoms with Crippen molar-refractivity contribution in [1.82, 2.24) is 0 Å². The molecule has 0 radical (unpaired) electrons. The first-order valence-corrected chi connectivity index (χ1v) is 6.81. The van der Waals surface area contributed by atoms with Crippen LogP contribution in [0.4, 0.5) is 5.69 Å². The summed E-state index contributed by atoms with van der Waals surface area (Å²) in [6.07, 6.45) is 0.141. The maximum Gasteiger partial charge on any atom is 0.163 e. The van der Waals surface area contributed by atoms with Crippen molar-refractivity contribution in [3.8, 4) is 11.5 Å². The highest BCUT2D eigenvalue weighted by atomic mass is 16.5. The van der Waals surface area contributed by atoms with Crippen LogP contribution in [-0.2, 0) is 4.74 Å². The van der Waals surface area contributed by atoms with Crippen molar-refractivity contribution in [2.75, 3.05) is 25.6 Å². The van der Waals surface area contributed by atoms with Crippen molar-refractivity contribution in [3.05, 3.63) is 18.2 Å². The fraction of sp³-hybridized carbons (Fsp3) is 0.600. The van der Waals surface area contributed by atoms with Crippen molar-refractivity contribution in [3.63, 3.8) is 0 Å². The Labute approximate surface area is 116 Å². The molecule has 0 aliphatic rings. The van der Waals surface area contributed by atoms with Gasteiger partial charge in [-0.3, -0.25) is 0 Å². The lowest BCUT2D eigenvalue weighted by Crippen LogP contribution is -2.29. The normalized spacial score (nSPS) is 13.7. The van der Waals surface area contributed by atoms with Crippen LogP contribution in [0, 0.1) is 0 Å². The first kappa shape index (κ1) is 15.6. The van der Waals surface area contributed by atoms with Crippen LogP contribution in [0.25, 0.3) is 0 Å². The van der Waals surface area contributed by atoms with E-state index in [4.69, 9.17) is 14.2 Å². The number of hydrogen-bond donors (Lipinski definition) is 1. The molecule has 108 valence electrons. The summed E-state index contributed by atoms with van der Waals surface area (Å²) in [6, 6.07) is 6.11. The molecule has 2 unspecified atom stereocenters. The number of anilines is 1. The number of benzene rings is 1. The summed E-state index contributed by atoms with van der Waals surface area (Å²) >= 11 is 0. The van der Waals surface area contributed by atoms with Crippen molar-refractivity contribution in [2.24, 2.45) is 0 Å². The van der Waals surface area contributed by atoms with Crippen molar-refractivity contribution in [2.45, 2.75) is 39.8 Å². The predicted molar refractivity (Wildman–Crippen MR) is 78.3 cm³/mol. The Morgan fingerprint density at radius 1 is 1.05 bits per heavy atom. The molecule has 0 aliphatic carbocycles. The molecule has 0 amide bonds. The molecule has 1 rings (SSSR count). The van der Waals surface area contributed by atoms with E-state index in [1.165, 1.54) is 0 Å². The standard InChI is InChI=1S/C15H25NO3/c1-6-18-14-9-8-13(10-15(14)19-7-2)16-11(3)12(4)17-5/h8-12,16H,6-7H2,1-5H3. The zero-order valence-corrected chi connectivity index (χ0v) is 12.5. The third-order valence-electron chi connectivity index (χ3n) is 3.01. The number of hydrogen-bond acceptors (Lipinski definition) is 4. The second-order valence-electron chi connectivity index (χ2n) is 4.40. The lowest BCUT2D eigenvalue weighted by atomic mass is 10.2. The van der Waals surface area contributed by atoms with E-state index in [2.05, 4.69) is 12.2 Å². The van der Waals surface area contributed by atoms with E-state index in [0.717, 1.165) is 17.2 Å². The molecular weight excluding hydrogens is 242 g/mol. The molecular formula is C15H25NO3. The van der Waals surface area contributed by atoms with Gasteiger partial charge in [0.2, 0.25) is 0 Å². The van der Waals surface area contributed by atoms with Gasteiger partial charge in [0, 0.05) is 24.9 Å². The van der Waals surface area contributed by atoms with Gasteiger partial charge in [0.1, 0.15) is 0 Å². The molecule has 0 aromatic heterocycles. The second kappa shape index (κ2) is 7.89. The van der Waals surface area contributed by atoms with Gasteiger partial charge in [0.05, 0.1) is 19.3 Å². The summed E-state index contributed by atoms with van der Waals surface area (Å²) in [7, 11) is 1.71. The fourth-order valence-corrected chi connectivity index (χ4v) is 1.73. The first-order valence-electron chi connectivity index (χ1n) is 6.81. The third-order valence-corrected chi connectivity index (χ3v) is 3.01. The van der Waals surface area contributed by atoms with E-state index < -0.39 is 0 Å². The molecule has 0 spiro atoms. The predicted octanol–water partition coefficient (Wildman–Crippen LogP) is 3.32. The van der Waals surface area contributed by atoms with E-state index in [0.29, 0.717) is 13.2 Å². The molecule has 0 heterocycles. The highest BCUT2D eigenvalue weighted by Crippen LogP contribution is 2.31. The van der Waals surface area contributed by atoms with Crippen LogP contribution >= 0.6 is 0 Å². The van der Waals surface area contributed by atoms with E-state index >= 15 is 0 Å². The minimum absolute atomic E-state index is 0.141. The summed E-state index contributed by atoms with van der Waals surface area (Å²) in [6.45, 7) is 9.30. The molecule has 0 aliphatic heterocycles. The lowest BCUT2D eigenvalue weighted by molar-refractivity contribution is 0.106. The van der Waals surface area contributed by atoms with Gasteiger partial charge in [-0.25, -0.2) is 0 Å². The summed E-state index contributed by atoms with van der Waals surface area (Å²) < 4.78 is 16.4. The third kappa shape index (κ3) is 4.63. The van der Waals surface area contributed by atoms with Crippen molar-refractivity contribution in [1.29, 1.82) is 0 Å². The monoisotopic (exact) mass is 267 g/mol. The molecule has 19 heavy (non-hydrogen) atoms. The molecule has 1 aromatic carbocycles. The Morgan fingerprint density at radius 2 is 1.68 bits per heavy atom. The molecule has 4 heteroatoms. The smallest absolute Gasteiger partial charge is 0.163 e. The molecule has 0 fully saturated rings. The Hall–Kier alpha value is -1.42. The Kier molecular flexibility index (Phi) is 6.50. The minimum atomic E-state index is 0.141. The van der Waals surface area contributed by atoms with Crippen molar-refractivity contribution >= 4 is 5.69 Å². The molecule has 2 atom stereocenters. The Morgan fingerprint density at radius 3 is 2.26 bits per heavy atom. The number of nitrogens with one attached hydrogen (secondary N) is 1. The fourth-order valence-electron chi connectivity index (χ4n) is 1.73. The molecule has 0 bridgehead atoms. The molecule has 0 saturated carbocycles. The van der Waals surface area contributed by atoms with Gasteiger partial charge in [0.25, 0.3) is 0 Å². The molecule has 1 aromatic rings. The van der Waals surface area contributed by atoms with Gasteiger partial charge in [0.15, 0.2) is 11.5 Å². The van der Waals surface area contributed by atoms with Crippen LogP contribution in [-0.4, -0.2) is 32.5 Å². The quantitative estimate of drug-likeness (QED) is 0.784. The summed E-state index contributed by atoms with van der Waals surface area (Å²) in [5, 5.41) is 3.40. The summed E-state index contributed by atoms with van der Waals surface area (Å²) in [4.78, 5) is 0. The number of ether oxygens (including phenoxy) is 3. The molecule has 1 N–H and O–H groups in total. The molecule has 0 saturated heterocycles. The maximum atomic E-state index is 5.60. The second-order valence-corrected chi connectivity index (χ2v) is 4.40. The maximum absolute atomic E-state index is 5.60. The van der Waals surface area contributed by atoms with Gasteiger partial charge in [-0.05, 0) is 39.8 Å². The number of methoxy groups -OCH3 is 1. The van der Waals surface area contributed by atoms with E-state index in [1.54, 1.807) is 7.11 Å². The Balaban J connectivity index is 2.82. The van der Waals surface area contributed by atoms with Gasteiger partial charge >= 0.3 is 0 Å². The SMILES string of the molecule is CCOc1ccc(NC(C)C(C)OC)cc1OCC. The van der Waals surface area contributed by atoms with E-state index in [9.17, 15) is 0 Å². The molecule has 4 nitrogen and oxygen atoms in total.